The number of halogens is 1. The van der Waals surface area contributed by atoms with Crippen LogP contribution in [0.5, 0.6) is 0 Å². The van der Waals surface area contributed by atoms with E-state index in [0.717, 1.165) is 0 Å². The minimum absolute atomic E-state index is 0.0371. The van der Waals surface area contributed by atoms with Gasteiger partial charge < -0.3 is 20.2 Å². The summed E-state index contributed by atoms with van der Waals surface area (Å²) >= 11 is 0. The van der Waals surface area contributed by atoms with Crippen LogP contribution in [0.1, 0.15) is 24.5 Å². The van der Waals surface area contributed by atoms with Crippen molar-refractivity contribution in [3.8, 4) is 0 Å². The van der Waals surface area contributed by atoms with E-state index in [4.69, 9.17) is 0 Å². The molecule has 1 atom stereocenters. The van der Waals surface area contributed by atoms with Crippen molar-refractivity contribution in [2.24, 2.45) is 5.92 Å². The first-order valence-electron chi connectivity index (χ1n) is 8.74. The first kappa shape index (κ1) is 17.8. The molecule has 2 aliphatic heterocycles. The van der Waals surface area contributed by atoms with Crippen molar-refractivity contribution in [3.63, 3.8) is 0 Å². The maximum atomic E-state index is 13.0. The lowest BCUT2D eigenvalue weighted by Gasteiger charge is -2.36. The minimum atomic E-state index is -0.646. The molecule has 1 unspecified atom stereocenters. The van der Waals surface area contributed by atoms with E-state index in [1.807, 2.05) is 0 Å². The number of benzene rings is 1. The molecule has 2 fully saturated rings. The summed E-state index contributed by atoms with van der Waals surface area (Å²) in [7, 11) is 0. The maximum absolute atomic E-state index is 13.0. The molecule has 2 amide bonds. The molecule has 0 spiro atoms. The first-order chi connectivity index (χ1) is 12.0. The Balaban J connectivity index is 1.50. The summed E-state index contributed by atoms with van der Waals surface area (Å²) in [4.78, 5) is 27.5. The molecule has 0 radical (unpaired) electrons. The molecule has 136 valence electrons. The molecule has 2 heterocycles. The predicted octanol–water partition coefficient (Wildman–Crippen LogP) is 0.530. The molecule has 2 saturated heterocycles. The average molecular weight is 349 g/mol. The second-order valence-electron chi connectivity index (χ2n) is 6.71. The zero-order chi connectivity index (χ0) is 17.8. The van der Waals surface area contributed by atoms with Gasteiger partial charge in [0.15, 0.2) is 0 Å². The molecule has 0 saturated carbocycles. The van der Waals surface area contributed by atoms with E-state index >= 15 is 0 Å². The first-order valence-corrected chi connectivity index (χ1v) is 8.74. The Morgan fingerprint density at radius 2 is 1.92 bits per heavy atom. The van der Waals surface area contributed by atoms with E-state index in [9.17, 15) is 19.1 Å². The highest BCUT2D eigenvalue weighted by atomic mass is 19.1. The van der Waals surface area contributed by atoms with Crippen molar-refractivity contribution >= 4 is 11.8 Å². The van der Waals surface area contributed by atoms with Crippen LogP contribution in [0.4, 0.5) is 4.39 Å². The summed E-state index contributed by atoms with van der Waals surface area (Å²) < 4.78 is 13.0. The molecule has 7 heteroatoms. The molecule has 0 aliphatic carbocycles. The monoisotopic (exact) mass is 349 g/mol. The number of aliphatic hydroxyl groups is 1. The van der Waals surface area contributed by atoms with Gasteiger partial charge in [0.25, 0.3) is 0 Å². The fourth-order valence-corrected chi connectivity index (χ4v) is 3.47. The third kappa shape index (κ3) is 4.35. The molecule has 3 rings (SSSR count). The number of likely N-dealkylation sites (tertiary alicyclic amines) is 1. The van der Waals surface area contributed by atoms with Gasteiger partial charge >= 0.3 is 0 Å². The van der Waals surface area contributed by atoms with Gasteiger partial charge in [-0.25, -0.2) is 4.39 Å². The number of piperazine rings is 1. The molecule has 6 nitrogen and oxygen atoms in total. The molecule has 25 heavy (non-hydrogen) atoms. The molecule has 1 aromatic carbocycles. The standard InChI is InChI=1S/C18H24FN3O3/c19-15-3-1-13(2-4-15)18(25)14-5-8-21(9-6-14)17(24)12-22-10-7-20-11-16(22)23/h1-4,14,18,20,25H,5-12H2. The van der Waals surface area contributed by atoms with E-state index in [-0.39, 0.29) is 30.1 Å². The number of hydrogen-bond donors (Lipinski definition) is 2. The number of aliphatic hydroxyl groups excluding tert-OH is 1. The number of carbonyl (C=O) groups excluding carboxylic acids is 2. The van der Waals surface area contributed by atoms with Gasteiger partial charge in [-0.15, -0.1) is 0 Å². The van der Waals surface area contributed by atoms with E-state index in [0.29, 0.717) is 51.1 Å². The van der Waals surface area contributed by atoms with Gasteiger partial charge in [-0.05, 0) is 36.5 Å². The minimum Gasteiger partial charge on any atom is -0.388 e. The van der Waals surface area contributed by atoms with Gasteiger partial charge in [0.05, 0.1) is 19.2 Å². The van der Waals surface area contributed by atoms with Gasteiger partial charge in [0, 0.05) is 26.2 Å². The maximum Gasteiger partial charge on any atom is 0.242 e. The quantitative estimate of drug-likeness (QED) is 0.832. The Bertz CT molecular complexity index is 614. The summed E-state index contributed by atoms with van der Waals surface area (Å²) in [5.41, 5.74) is 0.706. The third-order valence-electron chi connectivity index (χ3n) is 5.06. The Morgan fingerprint density at radius 3 is 2.56 bits per heavy atom. The number of carbonyl (C=O) groups is 2. The van der Waals surface area contributed by atoms with Gasteiger partial charge in [0.2, 0.25) is 11.8 Å². The molecule has 2 N–H and O–H groups in total. The zero-order valence-electron chi connectivity index (χ0n) is 14.2. The van der Waals surface area contributed by atoms with Crippen LogP contribution in [-0.2, 0) is 9.59 Å². The molecule has 0 aromatic heterocycles. The van der Waals surface area contributed by atoms with Crippen molar-refractivity contribution in [1.82, 2.24) is 15.1 Å². The van der Waals surface area contributed by atoms with Gasteiger partial charge in [-0.1, -0.05) is 12.1 Å². The molecular formula is C18H24FN3O3. The number of amides is 2. The van der Waals surface area contributed by atoms with E-state index in [1.54, 1.807) is 21.9 Å². The summed E-state index contributed by atoms with van der Waals surface area (Å²) in [5.74, 6) is -0.347. The van der Waals surface area contributed by atoms with Crippen molar-refractivity contribution < 1.29 is 19.1 Å². The fraction of sp³-hybridized carbons (Fsp3) is 0.556. The second-order valence-corrected chi connectivity index (χ2v) is 6.71. The number of nitrogens with zero attached hydrogens (tertiary/aromatic N) is 2. The molecular weight excluding hydrogens is 325 g/mol. The van der Waals surface area contributed by atoms with Crippen LogP contribution in [0.2, 0.25) is 0 Å². The smallest absolute Gasteiger partial charge is 0.242 e. The Labute approximate surface area is 146 Å². The van der Waals surface area contributed by atoms with Gasteiger partial charge in [-0.3, -0.25) is 9.59 Å². The summed E-state index contributed by atoms with van der Waals surface area (Å²) in [6.45, 7) is 2.84. The lowest BCUT2D eigenvalue weighted by atomic mass is 9.87. The van der Waals surface area contributed by atoms with Crippen LogP contribution in [0, 0.1) is 11.7 Å². The Morgan fingerprint density at radius 1 is 1.24 bits per heavy atom. The second kappa shape index (κ2) is 7.93. The largest absolute Gasteiger partial charge is 0.388 e. The Kier molecular flexibility index (Phi) is 5.65. The van der Waals surface area contributed by atoms with E-state index in [1.165, 1.54) is 12.1 Å². The highest BCUT2D eigenvalue weighted by Gasteiger charge is 2.30. The lowest BCUT2D eigenvalue weighted by molar-refractivity contribution is -0.142. The lowest BCUT2D eigenvalue weighted by Crippen LogP contribution is -2.52. The number of rotatable bonds is 4. The van der Waals surface area contributed by atoms with Crippen molar-refractivity contribution in [2.75, 3.05) is 39.3 Å². The van der Waals surface area contributed by atoms with Crippen molar-refractivity contribution in [1.29, 1.82) is 0 Å². The van der Waals surface area contributed by atoms with Gasteiger partial charge in [0.1, 0.15) is 5.82 Å². The SMILES string of the molecule is O=C(CN1CCNCC1=O)N1CCC(C(O)c2ccc(F)cc2)CC1. The van der Waals surface area contributed by atoms with Crippen LogP contribution in [0.25, 0.3) is 0 Å². The summed E-state index contributed by atoms with van der Waals surface area (Å²) in [6, 6.07) is 5.91. The van der Waals surface area contributed by atoms with Crippen LogP contribution in [-0.4, -0.2) is 66.0 Å². The number of piperidine rings is 1. The van der Waals surface area contributed by atoms with E-state index < -0.39 is 6.10 Å². The van der Waals surface area contributed by atoms with Crippen LogP contribution in [0.3, 0.4) is 0 Å². The Hall–Kier alpha value is -1.99. The normalized spacial score (nSPS) is 20.6. The van der Waals surface area contributed by atoms with Crippen molar-refractivity contribution in [2.45, 2.75) is 18.9 Å². The third-order valence-corrected chi connectivity index (χ3v) is 5.06. The number of hydrogen-bond acceptors (Lipinski definition) is 4. The predicted molar refractivity (Wildman–Crippen MR) is 90.1 cm³/mol. The van der Waals surface area contributed by atoms with Gasteiger partial charge in [-0.2, -0.15) is 0 Å². The average Bonchev–Trinajstić information content (AvgIpc) is 2.64. The van der Waals surface area contributed by atoms with Crippen molar-refractivity contribution in [3.05, 3.63) is 35.6 Å². The van der Waals surface area contributed by atoms with E-state index in [2.05, 4.69) is 5.32 Å². The fourth-order valence-electron chi connectivity index (χ4n) is 3.47. The van der Waals surface area contributed by atoms with Crippen LogP contribution in [0.15, 0.2) is 24.3 Å². The topological polar surface area (TPSA) is 72.9 Å². The van der Waals surface area contributed by atoms with Crippen LogP contribution < -0.4 is 5.32 Å². The molecule has 0 bridgehead atoms. The summed E-state index contributed by atoms with van der Waals surface area (Å²) in [6.07, 6.45) is 0.743. The zero-order valence-corrected chi connectivity index (χ0v) is 14.2. The molecule has 1 aromatic rings. The van der Waals surface area contributed by atoms with Crippen LogP contribution >= 0.6 is 0 Å². The highest BCUT2D eigenvalue weighted by molar-refractivity contribution is 5.86. The summed E-state index contributed by atoms with van der Waals surface area (Å²) in [5, 5.41) is 13.5. The highest BCUT2D eigenvalue weighted by Crippen LogP contribution is 2.30. The molecule has 2 aliphatic rings. The number of nitrogens with one attached hydrogen (secondary N) is 1.